The minimum absolute atomic E-state index is 0.154. The number of para-hydroxylation sites is 2. The molecule has 0 fully saturated rings. The lowest BCUT2D eigenvalue weighted by atomic mass is 10.1. The molecular weight excluding hydrogens is 701 g/mol. The molecule has 264 valence electrons. The molecule has 0 aliphatic carbocycles. The van der Waals surface area contributed by atoms with E-state index in [0.717, 1.165) is 19.3 Å². The summed E-state index contributed by atoms with van der Waals surface area (Å²) in [5.74, 6) is 0.469. The van der Waals surface area contributed by atoms with Gasteiger partial charge in [-0.25, -0.2) is 26.8 Å². The molecule has 0 atom stereocenters. The zero-order valence-corrected chi connectivity index (χ0v) is 28.5. The Morgan fingerprint density at radius 1 is 0.510 bits per heavy atom. The SMILES string of the molecule is O=c1c2ccccc2nc(-c2ccc(OS(=O)(=O)[O-])cc2)n1CCCCCCCn1c(-c2ccc(OS(=O)(=O)[O-])cc2)nc2ccccc2c1=O. The van der Waals surface area contributed by atoms with E-state index in [1.54, 1.807) is 57.7 Å². The van der Waals surface area contributed by atoms with Crippen molar-refractivity contribution in [2.45, 2.75) is 45.2 Å². The number of aromatic nitrogens is 4. The Morgan fingerprint density at radius 2 is 0.863 bits per heavy atom. The molecule has 14 nitrogen and oxygen atoms in total. The Labute approximate surface area is 292 Å². The molecular formula is C35H30N4O10S2-2. The van der Waals surface area contributed by atoms with Gasteiger partial charge in [0.05, 0.1) is 21.8 Å². The van der Waals surface area contributed by atoms with Crippen LogP contribution in [0.5, 0.6) is 11.5 Å². The second-order valence-corrected chi connectivity index (χ2v) is 13.6. The van der Waals surface area contributed by atoms with Crippen LogP contribution in [0.15, 0.2) is 107 Å². The highest BCUT2D eigenvalue weighted by Crippen LogP contribution is 2.25. The summed E-state index contributed by atoms with van der Waals surface area (Å²) in [6.07, 6.45) is 3.66. The standard InChI is InChI=1S/C35H32N4O10S2/c40-34-28-10-4-6-12-30(28)36-32(24-14-18-26(19-15-24)48-50(42,43)44)38(34)22-8-2-1-3-9-23-39-33(37-31-13-7-5-11-29(31)35(39)41)25-16-20-27(21-17-25)49-51(45,46)47/h4-7,10-21H,1-3,8-9,22-23H2,(H,42,43,44)(H,45,46,47)/p-2. The van der Waals surface area contributed by atoms with E-state index in [1.807, 2.05) is 0 Å². The minimum atomic E-state index is -4.94. The Morgan fingerprint density at radius 3 is 1.24 bits per heavy atom. The first kappa shape index (κ1) is 35.4. The number of hydrogen-bond acceptors (Lipinski definition) is 12. The van der Waals surface area contributed by atoms with Crippen molar-refractivity contribution in [3.05, 3.63) is 118 Å². The van der Waals surface area contributed by atoms with E-state index in [4.69, 9.17) is 9.97 Å². The van der Waals surface area contributed by atoms with Gasteiger partial charge in [0.15, 0.2) is 0 Å². The van der Waals surface area contributed by atoms with Crippen LogP contribution in [0.1, 0.15) is 32.1 Å². The summed E-state index contributed by atoms with van der Waals surface area (Å²) in [4.78, 5) is 36.5. The van der Waals surface area contributed by atoms with Crippen molar-refractivity contribution in [2.75, 3.05) is 0 Å². The molecule has 6 rings (SSSR count). The molecule has 0 aliphatic heterocycles. The predicted octanol–water partition coefficient (Wildman–Crippen LogP) is 4.77. The molecule has 4 aromatic carbocycles. The fraction of sp³-hybridized carbons (Fsp3) is 0.200. The van der Waals surface area contributed by atoms with Crippen molar-refractivity contribution in [3.63, 3.8) is 0 Å². The molecule has 0 bridgehead atoms. The predicted molar refractivity (Wildman–Crippen MR) is 187 cm³/mol. The molecule has 0 saturated carbocycles. The number of nitrogens with zero attached hydrogens (tertiary/aromatic N) is 4. The van der Waals surface area contributed by atoms with Crippen LogP contribution in [-0.4, -0.2) is 45.0 Å². The van der Waals surface area contributed by atoms with Gasteiger partial charge in [-0.1, -0.05) is 43.5 Å². The number of rotatable bonds is 14. The van der Waals surface area contributed by atoms with E-state index >= 15 is 0 Å². The van der Waals surface area contributed by atoms with E-state index in [1.165, 1.54) is 48.5 Å². The van der Waals surface area contributed by atoms with Gasteiger partial charge in [-0.05, 0) is 85.6 Å². The molecule has 6 aromatic rings. The third kappa shape index (κ3) is 8.67. The number of unbranched alkanes of at least 4 members (excludes halogenated alkanes) is 4. The van der Waals surface area contributed by atoms with Gasteiger partial charge in [0.25, 0.3) is 31.9 Å². The molecule has 0 N–H and O–H groups in total. The summed E-state index contributed by atoms with van der Waals surface area (Å²) in [7, 11) is -9.88. The van der Waals surface area contributed by atoms with Gasteiger partial charge in [-0.15, -0.1) is 0 Å². The average Bonchev–Trinajstić information content (AvgIpc) is 3.09. The van der Waals surface area contributed by atoms with Crippen LogP contribution >= 0.6 is 0 Å². The van der Waals surface area contributed by atoms with Crippen LogP contribution in [0.4, 0.5) is 0 Å². The lowest BCUT2D eigenvalue weighted by Crippen LogP contribution is -2.24. The lowest BCUT2D eigenvalue weighted by molar-refractivity contribution is 0.370. The molecule has 2 aromatic heterocycles. The van der Waals surface area contributed by atoms with Gasteiger partial charge in [-0.3, -0.25) is 18.7 Å². The summed E-state index contributed by atoms with van der Waals surface area (Å²) < 4.78 is 77.9. The normalized spacial score (nSPS) is 12.0. The molecule has 0 amide bonds. The third-order valence-corrected chi connectivity index (χ3v) is 8.90. The van der Waals surface area contributed by atoms with E-state index < -0.39 is 20.8 Å². The monoisotopic (exact) mass is 730 g/mol. The van der Waals surface area contributed by atoms with Crippen LogP contribution in [0, 0.1) is 0 Å². The van der Waals surface area contributed by atoms with E-state index in [0.29, 0.717) is 70.5 Å². The molecule has 51 heavy (non-hydrogen) atoms. The first-order chi connectivity index (χ1) is 24.4. The fourth-order valence-corrected chi connectivity index (χ4v) is 6.51. The topological polar surface area (TPSA) is 203 Å². The zero-order chi connectivity index (χ0) is 36.2. The highest BCUT2D eigenvalue weighted by Gasteiger charge is 2.15. The van der Waals surface area contributed by atoms with Gasteiger partial charge in [-0.2, -0.15) is 0 Å². The van der Waals surface area contributed by atoms with E-state index in [9.17, 15) is 35.5 Å². The molecule has 0 unspecified atom stereocenters. The highest BCUT2D eigenvalue weighted by molar-refractivity contribution is 7.81. The van der Waals surface area contributed by atoms with Gasteiger partial charge < -0.3 is 17.5 Å². The van der Waals surface area contributed by atoms with Crippen LogP contribution in [-0.2, 0) is 33.9 Å². The minimum Gasteiger partial charge on any atom is -0.716 e. The zero-order valence-electron chi connectivity index (χ0n) is 26.9. The Balaban J connectivity index is 1.14. The van der Waals surface area contributed by atoms with Gasteiger partial charge in [0.2, 0.25) is 0 Å². The Bertz CT molecular complexity index is 2370. The fourth-order valence-electron chi connectivity index (χ4n) is 5.82. The Kier molecular flexibility index (Phi) is 10.3. The molecule has 0 aliphatic rings. The van der Waals surface area contributed by atoms with Crippen LogP contribution in [0.3, 0.4) is 0 Å². The van der Waals surface area contributed by atoms with E-state index in [2.05, 4.69) is 8.37 Å². The lowest BCUT2D eigenvalue weighted by Gasteiger charge is -2.15. The average molecular weight is 731 g/mol. The Hall–Kier alpha value is -5.42. The molecule has 2 heterocycles. The van der Waals surface area contributed by atoms with Crippen molar-refractivity contribution >= 4 is 42.6 Å². The second-order valence-electron chi connectivity index (χ2n) is 11.6. The first-order valence-electron chi connectivity index (χ1n) is 15.9. The third-order valence-electron chi connectivity index (χ3n) is 8.11. The maximum absolute atomic E-state index is 13.5. The van der Waals surface area contributed by atoms with Crippen molar-refractivity contribution in [1.29, 1.82) is 0 Å². The second kappa shape index (κ2) is 14.8. The highest BCUT2D eigenvalue weighted by atomic mass is 32.3. The summed E-state index contributed by atoms with van der Waals surface area (Å²) in [5.41, 5.74) is 1.65. The van der Waals surface area contributed by atoms with Crippen LogP contribution in [0.25, 0.3) is 44.6 Å². The van der Waals surface area contributed by atoms with Crippen LogP contribution in [0.2, 0.25) is 0 Å². The number of fused-ring (bicyclic) bond motifs is 2. The largest absolute Gasteiger partial charge is 0.716 e. The first-order valence-corrected chi connectivity index (χ1v) is 18.5. The van der Waals surface area contributed by atoms with Crippen molar-refractivity contribution < 1.29 is 34.3 Å². The maximum Gasteiger partial charge on any atom is 0.262 e. The van der Waals surface area contributed by atoms with Crippen molar-refractivity contribution in [2.24, 2.45) is 0 Å². The molecule has 0 spiro atoms. The smallest absolute Gasteiger partial charge is 0.262 e. The van der Waals surface area contributed by atoms with Crippen molar-refractivity contribution in [3.8, 4) is 34.3 Å². The van der Waals surface area contributed by atoms with Gasteiger partial charge in [0.1, 0.15) is 23.1 Å². The van der Waals surface area contributed by atoms with Gasteiger partial charge in [0, 0.05) is 24.2 Å². The van der Waals surface area contributed by atoms with Crippen molar-refractivity contribution in [1.82, 2.24) is 19.1 Å². The summed E-state index contributed by atoms with van der Waals surface area (Å²) in [5, 5.41) is 0.919. The summed E-state index contributed by atoms with van der Waals surface area (Å²) in [6.45, 7) is 0.732. The van der Waals surface area contributed by atoms with Crippen LogP contribution < -0.4 is 19.5 Å². The molecule has 0 saturated heterocycles. The molecule has 16 heteroatoms. The number of hydrogen-bond donors (Lipinski definition) is 0. The maximum atomic E-state index is 13.5. The number of benzene rings is 4. The summed E-state index contributed by atoms with van der Waals surface area (Å²) in [6, 6.07) is 25.4. The summed E-state index contributed by atoms with van der Waals surface area (Å²) >= 11 is 0. The van der Waals surface area contributed by atoms with E-state index in [-0.39, 0.29) is 22.6 Å². The van der Waals surface area contributed by atoms with Gasteiger partial charge >= 0.3 is 0 Å². The molecule has 0 radical (unpaired) electrons. The quantitative estimate of drug-likeness (QED) is 0.0845.